The molecule has 1 aromatic heterocycles. The third-order valence-corrected chi connectivity index (χ3v) is 5.17. The molecule has 1 N–H and O–H groups in total. The fourth-order valence-electron chi connectivity index (χ4n) is 2.85. The number of amides is 2. The molecule has 0 fully saturated rings. The molecule has 3 rings (SSSR count). The van der Waals surface area contributed by atoms with Crippen LogP contribution >= 0.6 is 11.3 Å². The Balaban J connectivity index is 2.22. The smallest absolute Gasteiger partial charge is 0.256 e. The number of hydrogen-bond acceptors (Lipinski definition) is 6. The lowest BCUT2D eigenvalue weighted by Gasteiger charge is -2.17. The minimum atomic E-state index is -0.247. The Morgan fingerprint density at radius 2 is 1.79 bits per heavy atom. The maximum atomic E-state index is 12.9. The van der Waals surface area contributed by atoms with Crippen LogP contribution in [-0.4, -0.2) is 50.0 Å². The number of anilines is 1. The van der Waals surface area contributed by atoms with Crippen molar-refractivity contribution in [3.63, 3.8) is 0 Å². The van der Waals surface area contributed by atoms with Crippen LogP contribution in [0.4, 0.5) is 5.69 Å². The summed E-state index contributed by atoms with van der Waals surface area (Å²) in [6.07, 6.45) is 0. The van der Waals surface area contributed by atoms with Crippen molar-refractivity contribution in [3.8, 4) is 22.1 Å². The van der Waals surface area contributed by atoms with Gasteiger partial charge in [-0.3, -0.25) is 9.59 Å². The maximum Gasteiger partial charge on any atom is 0.256 e. The molecule has 146 valence electrons. The van der Waals surface area contributed by atoms with Crippen molar-refractivity contribution >= 4 is 39.1 Å². The first-order chi connectivity index (χ1) is 13.3. The van der Waals surface area contributed by atoms with Crippen LogP contribution in [-0.2, 0) is 4.79 Å². The highest BCUT2D eigenvalue weighted by Crippen LogP contribution is 2.39. The number of carbonyl (C=O) groups is 2. The van der Waals surface area contributed by atoms with E-state index in [1.54, 1.807) is 46.5 Å². The molecule has 0 aliphatic carbocycles. The summed E-state index contributed by atoms with van der Waals surface area (Å²) in [6, 6.07) is 9.00. The summed E-state index contributed by atoms with van der Waals surface area (Å²) in [5.41, 5.74) is 2.26. The van der Waals surface area contributed by atoms with Gasteiger partial charge in [-0.25, -0.2) is 4.98 Å². The first-order valence-corrected chi connectivity index (χ1v) is 9.32. The van der Waals surface area contributed by atoms with Crippen molar-refractivity contribution < 1.29 is 19.1 Å². The number of hydrogen-bond donors (Lipinski definition) is 1. The molecule has 0 saturated carbocycles. The van der Waals surface area contributed by atoms with Crippen molar-refractivity contribution in [2.45, 2.75) is 6.92 Å². The second-order valence-electron chi connectivity index (χ2n) is 6.30. The average Bonchev–Trinajstić information content (AvgIpc) is 3.08. The molecular formula is C20H21N3O4S. The minimum Gasteiger partial charge on any atom is -0.493 e. The molecule has 3 aromatic rings. The number of rotatable bonds is 5. The molecule has 0 spiro atoms. The topological polar surface area (TPSA) is 80.8 Å². The van der Waals surface area contributed by atoms with Gasteiger partial charge in [-0.2, -0.15) is 0 Å². The third-order valence-electron chi connectivity index (χ3n) is 4.12. The monoisotopic (exact) mass is 399 g/mol. The first kappa shape index (κ1) is 19.6. The molecule has 0 unspecified atom stereocenters. The van der Waals surface area contributed by atoms with E-state index >= 15 is 0 Å². The predicted octanol–water partition coefficient (Wildman–Crippen LogP) is 3.64. The van der Waals surface area contributed by atoms with Crippen LogP contribution in [0.1, 0.15) is 17.3 Å². The van der Waals surface area contributed by atoms with Crippen molar-refractivity contribution in [3.05, 3.63) is 35.9 Å². The summed E-state index contributed by atoms with van der Waals surface area (Å²) in [6.45, 7) is 1.41. The standard InChI is InChI=1S/C20H21N3O4S/c1-11(24)21-13-8-6-7-12(18(13)20(25)23(2)3)19-22-14-9-15(26-4)16(27-5)10-17(14)28-19/h6-10H,1-5H3,(H,21,24). The van der Waals surface area contributed by atoms with Gasteiger partial charge in [0.2, 0.25) is 5.91 Å². The number of nitrogens with one attached hydrogen (secondary N) is 1. The van der Waals surface area contributed by atoms with Crippen LogP contribution < -0.4 is 14.8 Å². The van der Waals surface area contributed by atoms with Crippen LogP contribution in [0.2, 0.25) is 0 Å². The van der Waals surface area contributed by atoms with Gasteiger partial charge in [0.1, 0.15) is 5.01 Å². The van der Waals surface area contributed by atoms with E-state index in [1.165, 1.54) is 23.2 Å². The molecule has 7 nitrogen and oxygen atoms in total. The van der Waals surface area contributed by atoms with Gasteiger partial charge < -0.3 is 19.7 Å². The number of benzene rings is 2. The van der Waals surface area contributed by atoms with E-state index in [-0.39, 0.29) is 11.8 Å². The van der Waals surface area contributed by atoms with Crippen LogP contribution in [0.25, 0.3) is 20.8 Å². The SMILES string of the molecule is COc1cc2nc(-c3cccc(NC(C)=O)c3C(=O)N(C)C)sc2cc1OC. The Kier molecular flexibility index (Phi) is 5.51. The van der Waals surface area contributed by atoms with Gasteiger partial charge in [0, 0.05) is 38.7 Å². The Hall–Kier alpha value is -3.13. The molecule has 0 aliphatic rings. The summed E-state index contributed by atoms with van der Waals surface area (Å²) in [5, 5.41) is 3.41. The summed E-state index contributed by atoms with van der Waals surface area (Å²) in [4.78, 5) is 30.6. The molecule has 0 aliphatic heterocycles. The van der Waals surface area contributed by atoms with E-state index in [9.17, 15) is 9.59 Å². The van der Waals surface area contributed by atoms with E-state index in [2.05, 4.69) is 10.3 Å². The molecule has 0 radical (unpaired) electrons. The number of fused-ring (bicyclic) bond motifs is 1. The van der Waals surface area contributed by atoms with E-state index in [0.29, 0.717) is 33.3 Å². The molecule has 1 heterocycles. The normalized spacial score (nSPS) is 10.6. The lowest BCUT2D eigenvalue weighted by Crippen LogP contribution is -2.24. The van der Waals surface area contributed by atoms with Crippen molar-refractivity contribution in [2.75, 3.05) is 33.6 Å². The Bertz CT molecular complexity index is 1020. The maximum absolute atomic E-state index is 12.9. The molecule has 2 aromatic carbocycles. The minimum absolute atomic E-state index is 0.214. The highest BCUT2D eigenvalue weighted by Gasteiger charge is 2.22. The van der Waals surface area contributed by atoms with Gasteiger partial charge in [-0.15, -0.1) is 11.3 Å². The molecule has 0 atom stereocenters. The zero-order valence-corrected chi connectivity index (χ0v) is 17.1. The van der Waals surface area contributed by atoms with Gasteiger partial charge >= 0.3 is 0 Å². The molecule has 0 saturated heterocycles. The second kappa shape index (κ2) is 7.85. The number of thiazole rings is 1. The van der Waals surface area contributed by atoms with Crippen LogP contribution in [0, 0.1) is 0 Å². The lowest BCUT2D eigenvalue weighted by atomic mass is 10.0. The Morgan fingerprint density at radius 1 is 1.11 bits per heavy atom. The summed E-state index contributed by atoms with van der Waals surface area (Å²) in [5.74, 6) is 0.739. The van der Waals surface area contributed by atoms with Crippen LogP contribution in [0.3, 0.4) is 0 Å². The van der Waals surface area contributed by atoms with Gasteiger partial charge in [0.25, 0.3) is 5.91 Å². The van der Waals surface area contributed by atoms with E-state index < -0.39 is 0 Å². The predicted molar refractivity (Wildman–Crippen MR) is 110 cm³/mol. The highest BCUT2D eigenvalue weighted by atomic mass is 32.1. The van der Waals surface area contributed by atoms with Gasteiger partial charge in [0.15, 0.2) is 11.5 Å². The van der Waals surface area contributed by atoms with E-state index in [4.69, 9.17) is 9.47 Å². The Labute approximate surface area is 166 Å². The fraction of sp³-hybridized carbons (Fsp3) is 0.250. The quantitative estimate of drug-likeness (QED) is 0.708. The third kappa shape index (κ3) is 3.63. The number of aromatic nitrogens is 1. The zero-order valence-electron chi connectivity index (χ0n) is 16.3. The van der Waals surface area contributed by atoms with Crippen LogP contribution in [0.15, 0.2) is 30.3 Å². The van der Waals surface area contributed by atoms with E-state index in [0.717, 1.165) is 10.2 Å². The zero-order chi connectivity index (χ0) is 20.4. The number of methoxy groups -OCH3 is 2. The average molecular weight is 399 g/mol. The van der Waals surface area contributed by atoms with Crippen molar-refractivity contribution in [2.24, 2.45) is 0 Å². The largest absolute Gasteiger partial charge is 0.493 e. The second-order valence-corrected chi connectivity index (χ2v) is 7.33. The molecular weight excluding hydrogens is 378 g/mol. The first-order valence-electron chi connectivity index (χ1n) is 8.51. The summed E-state index contributed by atoms with van der Waals surface area (Å²) >= 11 is 1.44. The number of ether oxygens (including phenoxy) is 2. The van der Waals surface area contributed by atoms with Gasteiger partial charge in [0.05, 0.1) is 35.7 Å². The van der Waals surface area contributed by atoms with Crippen molar-refractivity contribution in [1.29, 1.82) is 0 Å². The number of carbonyl (C=O) groups excluding carboxylic acids is 2. The molecule has 28 heavy (non-hydrogen) atoms. The Morgan fingerprint density at radius 3 is 2.39 bits per heavy atom. The van der Waals surface area contributed by atoms with Gasteiger partial charge in [-0.05, 0) is 6.07 Å². The summed E-state index contributed by atoms with van der Waals surface area (Å²) in [7, 11) is 6.49. The van der Waals surface area contributed by atoms with E-state index in [1.807, 2.05) is 12.1 Å². The lowest BCUT2D eigenvalue weighted by molar-refractivity contribution is -0.114. The summed E-state index contributed by atoms with van der Waals surface area (Å²) < 4.78 is 11.6. The number of nitrogens with zero attached hydrogens (tertiary/aromatic N) is 2. The van der Waals surface area contributed by atoms with Crippen LogP contribution in [0.5, 0.6) is 11.5 Å². The molecule has 0 bridgehead atoms. The van der Waals surface area contributed by atoms with Gasteiger partial charge in [-0.1, -0.05) is 12.1 Å². The molecule has 8 heteroatoms. The molecule has 2 amide bonds. The fourth-order valence-corrected chi connectivity index (χ4v) is 3.86. The van der Waals surface area contributed by atoms with Crippen molar-refractivity contribution in [1.82, 2.24) is 9.88 Å². The highest BCUT2D eigenvalue weighted by molar-refractivity contribution is 7.21.